The minimum Gasteiger partial charge on any atom is -0.388 e. The summed E-state index contributed by atoms with van der Waals surface area (Å²) in [7, 11) is 0. The molecule has 0 aliphatic heterocycles. The van der Waals surface area contributed by atoms with E-state index in [0.29, 0.717) is 6.42 Å². The number of hydrogen-bond donors (Lipinski definition) is 1. The van der Waals surface area contributed by atoms with Crippen LogP contribution in [-0.4, -0.2) is 10.1 Å². The van der Waals surface area contributed by atoms with E-state index in [1.54, 1.807) is 17.5 Å². The first-order valence-electron chi connectivity index (χ1n) is 6.00. The molecule has 0 aliphatic rings. The number of fused-ring (bicyclic) bond motifs is 1. The average molecular weight is 334 g/mol. The van der Waals surface area contributed by atoms with Crippen LogP contribution in [0.25, 0.3) is 10.9 Å². The van der Waals surface area contributed by atoms with Gasteiger partial charge in [-0.05, 0) is 45.8 Å². The molecule has 0 fully saturated rings. The second-order valence-electron chi connectivity index (χ2n) is 4.34. The van der Waals surface area contributed by atoms with Gasteiger partial charge < -0.3 is 5.11 Å². The Morgan fingerprint density at radius 2 is 2.05 bits per heavy atom. The second-order valence-corrected chi connectivity index (χ2v) is 6.89. The molecule has 2 aromatic heterocycles. The van der Waals surface area contributed by atoms with Gasteiger partial charge in [-0.25, -0.2) is 0 Å². The largest absolute Gasteiger partial charge is 0.388 e. The van der Waals surface area contributed by atoms with Gasteiger partial charge in [-0.2, -0.15) is 0 Å². The van der Waals surface area contributed by atoms with Crippen molar-refractivity contribution >= 4 is 38.2 Å². The summed E-state index contributed by atoms with van der Waals surface area (Å²) < 4.78 is 1.09. The normalized spacial score (nSPS) is 12.7. The molecule has 2 nitrogen and oxygen atoms in total. The Labute approximate surface area is 123 Å². The molecule has 0 spiro atoms. The van der Waals surface area contributed by atoms with Crippen LogP contribution >= 0.6 is 27.3 Å². The minimum atomic E-state index is -0.501. The molecule has 96 valence electrons. The molecule has 0 bridgehead atoms. The molecule has 4 heteroatoms. The standard InChI is InChI=1S/C15H12BrNOS/c16-15-7-6-10(19-15)9-14(18)12-3-1-5-13-11(12)4-2-8-17-13/h1-8,14,18H,9H2. The van der Waals surface area contributed by atoms with Gasteiger partial charge in [0.1, 0.15) is 0 Å². The van der Waals surface area contributed by atoms with E-state index in [1.165, 1.54) is 4.88 Å². The molecule has 3 aromatic rings. The molecular formula is C15H12BrNOS. The van der Waals surface area contributed by atoms with E-state index in [2.05, 4.69) is 20.9 Å². The fourth-order valence-corrected chi connectivity index (χ4v) is 3.70. The maximum absolute atomic E-state index is 10.4. The summed E-state index contributed by atoms with van der Waals surface area (Å²) in [5, 5.41) is 11.5. The highest BCUT2D eigenvalue weighted by atomic mass is 79.9. The van der Waals surface area contributed by atoms with Crippen molar-refractivity contribution in [2.75, 3.05) is 0 Å². The summed E-state index contributed by atoms with van der Waals surface area (Å²) >= 11 is 5.10. The van der Waals surface area contributed by atoms with Crippen LogP contribution < -0.4 is 0 Å². The van der Waals surface area contributed by atoms with Gasteiger partial charge in [0.25, 0.3) is 0 Å². The van der Waals surface area contributed by atoms with Crippen LogP contribution in [0.15, 0.2) is 52.4 Å². The van der Waals surface area contributed by atoms with Gasteiger partial charge in [-0.3, -0.25) is 4.98 Å². The summed E-state index contributed by atoms with van der Waals surface area (Å²) in [5.41, 5.74) is 1.86. The van der Waals surface area contributed by atoms with Crippen LogP contribution in [0.2, 0.25) is 0 Å². The van der Waals surface area contributed by atoms with E-state index in [4.69, 9.17) is 0 Å². The maximum atomic E-state index is 10.4. The van der Waals surface area contributed by atoms with Crippen molar-refractivity contribution in [3.63, 3.8) is 0 Å². The monoisotopic (exact) mass is 333 g/mol. The second kappa shape index (κ2) is 5.41. The van der Waals surface area contributed by atoms with E-state index in [0.717, 1.165) is 20.3 Å². The summed E-state index contributed by atoms with van der Waals surface area (Å²) in [6.07, 6.45) is 1.90. The molecule has 1 N–H and O–H groups in total. The van der Waals surface area contributed by atoms with E-state index < -0.39 is 6.10 Å². The smallest absolute Gasteiger partial charge is 0.0844 e. The van der Waals surface area contributed by atoms with Crippen molar-refractivity contribution in [1.29, 1.82) is 0 Å². The van der Waals surface area contributed by atoms with Crippen LogP contribution in [0.4, 0.5) is 0 Å². The SMILES string of the molecule is OC(Cc1ccc(Br)s1)c1cccc2ncccc12. The highest BCUT2D eigenvalue weighted by Crippen LogP contribution is 2.29. The Balaban J connectivity index is 1.95. The molecule has 0 saturated heterocycles. The topological polar surface area (TPSA) is 33.1 Å². The van der Waals surface area contributed by atoms with Gasteiger partial charge in [0, 0.05) is 22.9 Å². The van der Waals surface area contributed by atoms with E-state index in [1.807, 2.05) is 42.5 Å². The number of rotatable bonds is 3. The fourth-order valence-electron chi connectivity index (χ4n) is 2.18. The molecule has 0 aliphatic carbocycles. The molecule has 0 amide bonds. The number of halogens is 1. The first kappa shape index (κ1) is 12.8. The van der Waals surface area contributed by atoms with Gasteiger partial charge in [-0.1, -0.05) is 18.2 Å². The highest BCUT2D eigenvalue weighted by Gasteiger charge is 2.13. The zero-order valence-corrected chi connectivity index (χ0v) is 12.5. The summed E-state index contributed by atoms with van der Waals surface area (Å²) in [6.45, 7) is 0. The predicted octanol–water partition coefficient (Wildman–Crippen LogP) is 4.33. The maximum Gasteiger partial charge on any atom is 0.0844 e. The number of benzene rings is 1. The number of aliphatic hydroxyl groups excluding tert-OH is 1. The number of nitrogens with zero attached hydrogens (tertiary/aromatic N) is 1. The highest BCUT2D eigenvalue weighted by molar-refractivity contribution is 9.11. The lowest BCUT2D eigenvalue weighted by molar-refractivity contribution is 0.181. The van der Waals surface area contributed by atoms with Crippen molar-refractivity contribution in [2.45, 2.75) is 12.5 Å². The van der Waals surface area contributed by atoms with Gasteiger partial charge in [0.15, 0.2) is 0 Å². The van der Waals surface area contributed by atoms with Crippen molar-refractivity contribution in [3.8, 4) is 0 Å². The van der Waals surface area contributed by atoms with Crippen LogP contribution in [-0.2, 0) is 6.42 Å². The van der Waals surface area contributed by atoms with E-state index >= 15 is 0 Å². The van der Waals surface area contributed by atoms with Gasteiger partial charge in [-0.15, -0.1) is 11.3 Å². The van der Waals surface area contributed by atoms with Gasteiger partial charge in [0.2, 0.25) is 0 Å². The number of pyridine rings is 1. The Morgan fingerprint density at radius 3 is 2.84 bits per heavy atom. The first-order valence-corrected chi connectivity index (χ1v) is 7.61. The molecule has 19 heavy (non-hydrogen) atoms. The van der Waals surface area contributed by atoms with Crippen LogP contribution in [0.1, 0.15) is 16.5 Å². The van der Waals surface area contributed by atoms with Gasteiger partial charge >= 0.3 is 0 Å². The van der Waals surface area contributed by atoms with Crippen LogP contribution in [0.3, 0.4) is 0 Å². The number of aromatic nitrogens is 1. The Bertz CT molecular complexity index is 705. The van der Waals surface area contributed by atoms with Crippen molar-refractivity contribution in [2.24, 2.45) is 0 Å². The summed E-state index contributed by atoms with van der Waals surface area (Å²) in [6, 6.07) is 13.8. The lowest BCUT2D eigenvalue weighted by atomic mass is 10.0. The molecule has 1 aromatic carbocycles. The fraction of sp³-hybridized carbons (Fsp3) is 0.133. The van der Waals surface area contributed by atoms with Gasteiger partial charge in [0.05, 0.1) is 15.4 Å². The Kier molecular flexibility index (Phi) is 3.64. The molecule has 0 radical (unpaired) electrons. The van der Waals surface area contributed by atoms with Crippen molar-refractivity contribution in [1.82, 2.24) is 4.98 Å². The lowest BCUT2D eigenvalue weighted by Gasteiger charge is -2.12. The third-order valence-electron chi connectivity index (χ3n) is 3.06. The third kappa shape index (κ3) is 2.71. The predicted molar refractivity (Wildman–Crippen MR) is 82.4 cm³/mol. The Hall–Kier alpha value is -1.23. The van der Waals surface area contributed by atoms with Crippen molar-refractivity contribution < 1.29 is 5.11 Å². The molecule has 3 rings (SSSR count). The zero-order valence-electron chi connectivity index (χ0n) is 10.1. The molecule has 2 heterocycles. The van der Waals surface area contributed by atoms with E-state index in [9.17, 15) is 5.11 Å². The number of hydrogen-bond acceptors (Lipinski definition) is 3. The average Bonchev–Trinajstić information content (AvgIpc) is 2.83. The van der Waals surface area contributed by atoms with Crippen molar-refractivity contribution in [3.05, 3.63) is 62.9 Å². The summed E-state index contributed by atoms with van der Waals surface area (Å²) in [5.74, 6) is 0. The Morgan fingerprint density at radius 1 is 1.16 bits per heavy atom. The molecular weight excluding hydrogens is 322 g/mol. The number of thiophene rings is 1. The zero-order chi connectivity index (χ0) is 13.2. The van der Waals surface area contributed by atoms with Crippen LogP contribution in [0, 0.1) is 0 Å². The number of aliphatic hydroxyl groups is 1. The molecule has 1 atom stereocenters. The third-order valence-corrected chi connectivity index (χ3v) is 4.71. The van der Waals surface area contributed by atoms with E-state index in [-0.39, 0.29) is 0 Å². The van der Waals surface area contributed by atoms with Crippen LogP contribution in [0.5, 0.6) is 0 Å². The minimum absolute atomic E-state index is 0.501. The lowest BCUT2D eigenvalue weighted by Crippen LogP contribution is -2.01. The molecule has 0 saturated carbocycles. The molecule has 1 unspecified atom stereocenters. The quantitative estimate of drug-likeness (QED) is 0.773. The summed E-state index contributed by atoms with van der Waals surface area (Å²) in [4.78, 5) is 5.49. The first-order chi connectivity index (χ1) is 9.24.